The Balaban J connectivity index is 1.05. The molecule has 8 aromatic carbocycles. The molecular formula is C53H33N3O2. The molecule has 5 heteroatoms. The predicted molar refractivity (Wildman–Crippen MR) is 236 cm³/mol. The lowest BCUT2D eigenvalue weighted by Gasteiger charge is -2.22. The van der Waals surface area contributed by atoms with Gasteiger partial charge in [0.25, 0.3) is 0 Å². The SMILES string of the molecule is C1=Cc2ccccc2C(c2ccc(-c3nc(-c4cccc5c(-c6cccc7oc8ccccc8c67)cccc45)nc(-c4cccc5oc6ccccc6c45)n3)cc2)C1. The summed E-state index contributed by atoms with van der Waals surface area (Å²) in [4.78, 5) is 15.8. The van der Waals surface area contributed by atoms with E-state index in [4.69, 9.17) is 23.8 Å². The Kier molecular flexibility index (Phi) is 7.29. The summed E-state index contributed by atoms with van der Waals surface area (Å²) in [5, 5.41) is 6.39. The Morgan fingerprint density at radius 1 is 0.397 bits per heavy atom. The topological polar surface area (TPSA) is 65.0 Å². The van der Waals surface area contributed by atoms with Crippen LogP contribution in [0.25, 0.3) is 106 Å². The van der Waals surface area contributed by atoms with Crippen LogP contribution in [0.5, 0.6) is 0 Å². The Labute approximate surface area is 333 Å². The lowest BCUT2D eigenvalue weighted by molar-refractivity contribution is 0.668. The maximum absolute atomic E-state index is 6.32. The summed E-state index contributed by atoms with van der Waals surface area (Å²) < 4.78 is 12.6. The molecule has 0 amide bonds. The average molecular weight is 744 g/mol. The fraction of sp³-hybridized carbons (Fsp3) is 0.0377. The fourth-order valence-corrected chi connectivity index (χ4v) is 9.06. The van der Waals surface area contributed by atoms with Crippen molar-refractivity contribution in [2.24, 2.45) is 0 Å². The van der Waals surface area contributed by atoms with Crippen molar-refractivity contribution in [2.45, 2.75) is 12.3 Å². The molecule has 0 fully saturated rings. The third-order valence-electron chi connectivity index (χ3n) is 11.7. The van der Waals surface area contributed by atoms with E-state index in [2.05, 4.69) is 133 Å². The maximum atomic E-state index is 6.32. The summed E-state index contributed by atoms with van der Waals surface area (Å²) in [7, 11) is 0. The molecule has 1 unspecified atom stereocenters. The molecule has 0 saturated carbocycles. The maximum Gasteiger partial charge on any atom is 0.164 e. The molecule has 58 heavy (non-hydrogen) atoms. The van der Waals surface area contributed by atoms with Crippen LogP contribution in [0.2, 0.25) is 0 Å². The standard InChI is InChI=1S/C53H33N3O2/c1-2-14-35-32(12-1)13-7-17-36(35)33-28-30-34(31-29-33)51-54-52(56-53(55-51)44-23-11-27-48-50(44)43-16-4-6-25-46(43)58-48)41-22-9-18-37-38(19-8-20-39(37)41)40-21-10-26-47-49(40)42-15-3-5-24-45(42)57-47/h1-16,18-31,36H,17H2. The first-order chi connectivity index (χ1) is 28.7. The minimum atomic E-state index is 0.294. The summed E-state index contributed by atoms with van der Waals surface area (Å²) in [6, 6.07) is 59.2. The number of nitrogens with zero attached hydrogens (tertiary/aromatic N) is 3. The molecule has 5 nitrogen and oxygen atoms in total. The fourth-order valence-electron chi connectivity index (χ4n) is 9.06. The monoisotopic (exact) mass is 743 g/mol. The van der Waals surface area contributed by atoms with Gasteiger partial charge >= 0.3 is 0 Å². The van der Waals surface area contributed by atoms with Crippen molar-refractivity contribution >= 4 is 60.7 Å². The van der Waals surface area contributed by atoms with Crippen LogP contribution in [0, 0.1) is 0 Å². The van der Waals surface area contributed by atoms with E-state index < -0.39 is 0 Å². The number of aromatic nitrogens is 3. The highest BCUT2D eigenvalue weighted by atomic mass is 16.3. The van der Waals surface area contributed by atoms with Crippen molar-refractivity contribution < 1.29 is 8.83 Å². The van der Waals surface area contributed by atoms with Crippen LogP contribution >= 0.6 is 0 Å². The molecular weight excluding hydrogens is 711 g/mol. The minimum absolute atomic E-state index is 0.294. The zero-order chi connectivity index (χ0) is 38.2. The number of rotatable bonds is 5. The molecule has 12 rings (SSSR count). The van der Waals surface area contributed by atoms with E-state index >= 15 is 0 Å². The molecule has 0 spiro atoms. The molecule has 0 radical (unpaired) electrons. The van der Waals surface area contributed by atoms with Gasteiger partial charge in [0.05, 0.1) is 0 Å². The van der Waals surface area contributed by atoms with Gasteiger partial charge in [-0.05, 0) is 69.3 Å². The molecule has 0 aliphatic heterocycles. The summed E-state index contributed by atoms with van der Waals surface area (Å²) in [6.45, 7) is 0. The Bertz CT molecular complexity index is 3450. The minimum Gasteiger partial charge on any atom is -0.456 e. The zero-order valence-corrected chi connectivity index (χ0v) is 31.3. The lowest BCUT2D eigenvalue weighted by Crippen LogP contribution is -2.05. The van der Waals surface area contributed by atoms with E-state index in [1.54, 1.807) is 0 Å². The number of fused-ring (bicyclic) bond motifs is 8. The van der Waals surface area contributed by atoms with Gasteiger partial charge < -0.3 is 8.83 Å². The number of hydrogen-bond acceptors (Lipinski definition) is 5. The molecule has 0 N–H and O–H groups in total. The molecule has 3 heterocycles. The van der Waals surface area contributed by atoms with Crippen LogP contribution in [0.15, 0.2) is 185 Å². The second kappa shape index (κ2) is 13.0. The first-order valence-corrected chi connectivity index (χ1v) is 19.7. The van der Waals surface area contributed by atoms with Crippen molar-refractivity contribution in [1.29, 1.82) is 0 Å². The van der Waals surface area contributed by atoms with E-state index in [9.17, 15) is 0 Å². The summed E-state index contributed by atoms with van der Waals surface area (Å²) in [5.41, 5.74) is 12.3. The number of allylic oxidation sites excluding steroid dienone is 1. The van der Waals surface area contributed by atoms with Crippen molar-refractivity contribution in [1.82, 2.24) is 15.0 Å². The van der Waals surface area contributed by atoms with Crippen molar-refractivity contribution in [3.05, 3.63) is 193 Å². The first kappa shape index (κ1) is 32.6. The van der Waals surface area contributed by atoms with Crippen LogP contribution in [0.1, 0.15) is 29.0 Å². The van der Waals surface area contributed by atoms with E-state index in [1.807, 2.05) is 48.5 Å². The zero-order valence-electron chi connectivity index (χ0n) is 31.3. The van der Waals surface area contributed by atoms with Crippen LogP contribution in [0.4, 0.5) is 0 Å². The van der Waals surface area contributed by atoms with Gasteiger partial charge in [-0.25, -0.2) is 15.0 Å². The summed E-state index contributed by atoms with van der Waals surface area (Å²) >= 11 is 0. The van der Waals surface area contributed by atoms with Crippen LogP contribution < -0.4 is 0 Å². The first-order valence-electron chi connectivity index (χ1n) is 19.7. The lowest BCUT2D eigenvalue weighted by atomic mass is 9.82. The highest BCUT2D eigenvalue weighted by molar-refractivity contribution is 6.16. The second-order valence-corrected chi connectivity index (χ2v) is 15.0. The van der Waals surface area contributed by atoms with Crippen molar-refractivity contribution in [2.75, 3.05) is 0 Å². The normalized spacial score (nSPS) is 13.9. The van der Waals surface area contributed by atoms with Crippen molar-refractivity contribution in [3.8, 4) is 45.3 Å². The summed E-state index contributed by atoms with van der Waals surface area (Å²) in [6.07, 6.45) is 5.47. The van der Waals surface area contributed by atoms with E-state index in [0.29, 0.717) is 23.4 Å². The molecule has 1 aliphatic rings. The van der Waals surface area contributed by atoms with E-state index in [1.165, 1.54) is 16.7 Å². The highest BCUT2D eigenvalue weighted by Crippen LogP contribution is 2.42. The predicted octanol–water partition coefficient (Wildman–Crippen LogP) is 14.0. The van der Waals surface area contributed by atoms with Crippen molar-refractivity contribution in [3.63, 3.8) is 0 Å². The highest BCUT2D eigenvalue weighted by Gasteiger charge is 2.22. The van der Waals surface area contributed by atoms with Crippen LogP contribution in [-0.4, -0.2) is 15.0 Å². The number of para-hydroxylation sites is 2. The van der Waals surface area contributed by atoms with E-state index in [0.717, 1.165) is 88.9 Å². The Morgan fingerprint density at radius 2 is 0.914 bits per heavy atom. The van der Waals surface area contributed by atoms with Gasteiger partial charge in [-0.2, -0.15) is 0 Å². The van der Waals surface area contributed by atoms with Gasteiger partial charge in [0, 0.05) is 44.2 Å². The Hall–Kier alpha value is -7.63. The molecule has 3 aromatic heterocycles. The largest absolute Gasteiger partial charge is 0.456 e. The molecule has 0 saturated heterocycles. The van der Waals surface area contributed by atoms with Gasteiger partial charge in [0.2, 0.25) is 0 Å². The number of benzene rings is 8. The third-order valence-corrected chi connectivity index (χ3v) is 11.7. The van der Waals surface area contributed by atoms with Gasteiger partial charge in [0.15, 0.2) is 17.5 Å². The molecule has 1 aliphatic carbocycles. The van der Waals surface area contributed by atoms with Gasteiger partial charge in [-0.1, -0.05) is 158 Å². The van der Waals surface area contributed by atoms with Gasteiger partial charge in [-0.3, -0.25) is 0 Å². The van der Waals surface area contributed by atoms with E-state index in [-0.39, 0.29) is 0 Å². The van der Waals surface area contributed by atoms with Crippen LogP contribution in [0.3, 0.4) is 0 Å². The molecule has 0 bridgehead atoms. The average Bonchev–Trinajstić information content (AvgIpc) is 3.87. The van der Waals surface area contributed by atoms with Gasteiger partial charge in [-0.15, -0.1) is 0 Å². The smallest absolute Gasteiger partial charge is 0.164 e. The number of hydrogen-bond donors (Lipinski definition) is 0. The quantitative estimate of drug-likeness (QED) is 0.176. The number of furan rings is 2. The van der Waals surface area contributed by atoms with Gasteiger partial charge in [0.1, 0.15) is 22.3 Å². The molecule has 1 atom stereocenters. The molecule has 11 aromatic rings. The third kappa shape index (κ3) is 5.14. The molecule has 272 valence electrons. The Morgan fingerprint density at radius 3 is 1.66 bits per heavy atom. The van der Waals surface area contributed by atoms with Crippen LogP contribution in [-0.2, 0) is 0 Å². The summed E-state index contributed by atoms with van der Waals surface area (Å²) in [5.74, 6) is 2.11. The second-order valence-electron chi connectivity index (χ2n) is 15.0.